The van der Waals surface area contributed by atoms with Crippen LogP contribution in [-0.2, 0) is 4.74 Å². The maximum Gasteiger partial charge on any atom is 0.0565 e. The van der Waals surface area contributed by atoms with Crippen LogP contribution in [0.3, 0.4) is 0 Å². The summed E-state index contributed by atoms with van der Waals surface area (Å²) in [6, 6.07) is 1.43. The average molecular weight is 225 g/mol. The maximum atomic E-state index is 5.79. The summed E-state index contributed by atoms with van der Waals surface area (Å²) in [5.74, 6) is 1.03. The van der Waals surface area contributed by atoms with Crippen LogP contribution in [0.1, 0.15) is 59.3 Å². The van der Waals surface area contributed by atoms with E-state index in [1.165, 1.54) is 38.5 Å². The van der Waals surface area contributed by atoms with Crippen LogP contribution in [0.2, 0.25) is 0 Å². The molecule has 3 atom stereocenters. The summed E-state index contributed by atoms with van der Waals surface area (Å²) in [4.78, 5) is 0. The summed E-state index contributed by atoms with van der Waals surface area (Å²) >= 11 is 0. The molecule has 1 aliphatic carbocycles. The summed E-state index contributed by atoms with van der Waals surface area (Å²) in [6.45, 7) is 6.71. The second-order valence-corrected chi connectivity index (χ2v) is 5.88. The Morgan fingerprint density at radius 1 is 1.19 bits per heavy atom. The van der Waals surface area contributed by atoms with Gasteiger partial charge in [-0.1, -0.05) is 19.8 Å². The van der Waals surface area contributed by atoms with Gasteiger partial charge in [0.1, 0.15) is 0 Å². The van der Waals surface area contributed by atoms with E-state index >= 15 is 0 Å². The molecule has 2 rings (SSSR count). The van der Waals surface area contributed by atoms with Crippen molar-refractivity contribution in [3.05, 3.63) is 0 Å². The van der Waals surface area contributed by atoms with Crippen molar-refractivity contribution in [1.29, 1.82) is 0 Å². The van der Waals surface area contributed by atoms with E-state index in [2.05, 4.69) is 26.1 Å². The fraction of sp³-hybridized carbons (Fsp3) is 1.00. The van der Waals surface area contributed by atoms with Crippen LogP contribution in [0.4, 0.5) is 0 Å². The van der Waals surface area contributed by atoms with E-state index in [1.807, 2.05) is 0 Å². The molecule has 1 heterocycles. The maximum absolute atomic E-state index is 5.79. The third-order valence-corrected chi connectivity index (χ3v) is 3.98. The highest BCUT2D eigenvalue weighted by molar-refractivity contribution is 4.85. The Bertz CT molecular complexity index is 205. The molecule has 2 heteroatoms. The number of rotatable bonds is 5. The van der Waals surface area contributed by atoms with Gasteiger partial charge >= 0.3 is 0 Å². The number of hydrogen-bond donors (Lipinski definition) is 1. The summed E-state index contributed by atoms with van der Waals surface area (Å²) < 4.78 is 5.79. The molecule has 0 amide bonds. The number of ether oxygens (including phenoxy) is 1. The van der Waals surface area contributed by atoms with E-state index in [4.69, 9.17) is 4.74 Å². The smallest absolute Gasteiger partial charge is 0.0565 e. The summed E-state index contributed by atoms with van der Waals surface area (Å²) in [6.07, 6.45) is 8.85. The second kappa shape index (κ2) is 5.50. The molecule has 0 aromatic carbocycles. The van der Waals surface area contributed by atoms with Gasteiger partial charge in [0.05, 0.1) is 12.2 Å². The van der Waals surface area contributed by atoms with Crippen molar-refractivity contribution in [2.24, 2.45) is 5.92 Å². The fourth-order valence-corrected chi connectivity index (χ4v) is 2.98. The lowest BCUT2D eigenvalue weighted by atomic mass is 9.97. The molecule has 2 fully saturated rings. The van der Waals surface area contributed by atoms with E-state index < -0.39 is 0 Å². The molecule has 0 radical (unpaired) electrons. The average Bonchev–Trinajstić information content (AvgIpc) is 2.99. The quantitative estimate of drug-likeness (QED) is 0.776. The van der Waals surface area contributed by atoms with Crippen molar-refractivity contribution in [1.82, 2.24) is 5.32 Å². The van der Waals surface area contributed by atoms with Gasteiger partial charge in [-0.25, -0.2) is 0 Å². The van der Waals surface area contributed by atoms with Crippen LogP contribution in [0.15, 0.2) is 0 Å². The molecule has 1 saturated carbocycles. The van der Waals surface area contributed by atoms with Gasteiger partial charge in [0, 0.05) is 12.1 Å². The van der Waals surface area contributed by atoms with Crippen molar-refractivity contribution >= 4 is 0 Å². The van der Waals surface area contributed by atoms with E-state index in [0.29, 0.717) is 18.2 Å². The molecule has 2 aliphatic rings. The van der Waals surface area contributed by atoms with Crippen LogP contribution in [0.5, 0.6) is 0 Å². The minimum Gasteiger partial charge on any atom is -0.375 e. The molecular weight excluding hydrogens is 198 g/mol. The van der Waals surface area contributed by atoms with Gasteiger partial charge in [0.15, 0.2) is 0 Å². The second-order valence-electron chi connectivity index (χ2n) is 5.88. The van der Waals surface area contributed by atoms with Crippen molar-refractivity contribution in [3.63, 3.8) is 0 Å². The highest BCUT2D eigenvalue weighted by Crippen LogP contribution is 2.34. The molecule has 0 spiro atoms. The van der Waals surface area contributed by atoms with Crippen LogP contribution >= 0.6 is 0 Å². The van der Waals surface area contributed by atoms with Crippen molar-refractivity contribution in [3.8, 4) is 0 Å². The third-order valence-electron chi connectivity index (χ3n) is 3.98. The zero-order valence-corrected chi connectivity index (χ0v) is 11.0. The zero-order valence-electron chi connectivity index (χ0n) is 11.0. The van der Waals surface area contributed by atoms with Crippen LogP contribution < -0.4 is 5.32 Å². The predicted octanol–water partition coefficient (Wildman–Crippen LogP) is 3.11. The third kappa shape index (κ3) is 3.74. The van der Waals surface area contributed by atoms with Gasteiger partial charge in [0.25, 0.3) is 0 Å². The predicted molar refractivity (Wildman–Crippen MR) is 67.6 cm³/mol. The van der Waals surface area contributed by atoms with E-state index in [9.17, 15) is 0 Å². The molecule has 16 heavy (non-hydrogen) atoms. The Morgan fingerprint density at radius 2 is 1.81 bits per heavy atom. The molecule has 3 unspecified atom stereocenters. The highest BCUT2D eigenvalue weighted by atomic mass is 16.5. The van der Waals surface area contributed by atoms with E-state index in [1.54, 1.807) is 0 Å². The highest BCUT2D eigenvalue weighted by Gasteiger charge is 2.29. The van der Waals surface area contributed by atoms with E-state index in [0.717, 1.165) is 12.0 Å². The van der Waals surface area contributed by atoms with Gasteiger partial charge in [0.2, 0.25) is 0 Å². The molecule has 1 aliphatic heterocycles. The minimum absolute atomic E-state index is 0.430. The Hall–Kier alpha value is -0.0800. The van der Waals surface area contributed by atoms with Gasteiger partial charge in [-0.2, -0.15) is 0 Å². The molecule has 1 saturated heterocycles. The summed E-state index contributed by atoms with van der Waals surface area (Å²) in [5, 5.41) is 3.86. The fourth-order valence-electron chi connectivity index (χ4n) is 2.98. The Kier molecular flexibility index (Phi) is 4.26. The normalized spacial score (nSPS) is 37.3. The van der Waals surface area contributed by atoms with Gasteiger partial charge < -0.3 is 10.1 Å². The van der Waals surface area contributed by atoms with Crippen LogP contribution in [0.25, 0.3) is 0 Å². The SMILES string of the molecule is CCC(CC1CC1)NC1CC(C)OC(C)C1. The lowest BCUT2D eigenvalue weighted by Gasteiger charge is -2.35. The van der Waals surface area contributed by atoms with Crippen molar-refractivity contribution in [2.75, 3.05) is 0 Å². The Morgan fingerprint density at radius 3 is 2.31 bits per heavy atom. The summed E-state index contributed by atoms with van der Waals surface area (Å²) in [5.41, 5.74) is 0. The lowest BCUT2D eigenvalue weighted by molar-refractivity contribution is -0.0438. The number of nitrogens with one attached hydrogen (secondary N) is 1. The molecule has 1 N–H and O–H groups in total. The van der Waals surface area contributed by atoms with Gasteiger partial charge in [-0.3, -0.25) is 0 Å². The molecule has 94 valence electrons. The van der Waals surface area contributed by atoms with Gasteiger partial charge in [-0.05, 0) is 45.4 Å². The van der Waals surface area contributed by atoms with Crippen LogP contribution in [-0.4, -0.2) is 24.3 Å². The van der Waals surface area contributed by atoms with Crippen molar-refractivity contribution < 1.29 is 4.74 Å². The topological polar surface area (TPSA) is 21.3 Å². The largest absolute Gasteiger partial charge is 0.375 e. The first kappa shape index (κ1) is 12.4. The molecule has 0 aromatic heterocycles. The molecule has 0 aromatic rings. The Labute approximate surface area is 100 Å². The minimum atomic E-state index is 0.430. The standard InChI is InChI=1S/C14H27NO/c1-4-13(9-12-5-6-12)15-14-7-10(2)16-11(3)8-14/h10-15H,4-9H2,1-3H3. The first-order valence-corrected chi connectivity index (χ1v) is 7.08. The first-order valence-electron chi connectivity index (χ1n) is 7.08. The molecule has 2 nitrogen and oxygen atoms in total. The van der Waals surface area contributed by atoms with Crippen molar-refractivity contribution in [2.45, 2.75) is 83.6 Å². The van der Waals surface area contributed by atoms with Gasteiger partial charge in [-0.15, -0.1) is 0 Å². The van der Waals surface area contributed by atoms with Crippen LogP contribution in [0, 0.1) is 5.92 Å². The summed E-state index contributed by atoms with van der Waals surface area (Å²) in [7, 11) is 0. The molecule has 0 bridgehead atoms. The lowest BCUT2D eigenvalue weighted by Crippen LogP contribution is -2.45. The first-order chi connectivity index (χ1) is 7.67. The van der Waals surface area contributed by atoms with E-state index in [-0.39, 0.29) is 0 Å². The zero-order chi connectivity index (χ0) is 11.5. The number of hydrogen-bond acceptors (Lipinski definition) is 2. The monoisotopic (exact) mass is 225 g/mol. The Balaban J connectivity index is 1.76. The molecular formula is C14H27NO.